The molecule has 0 saturated carbocycles. The molecule has 2 aromatic rings. The maximum Gasteiger partial charge on any atom is 0.335 e. The topological polar surface area (TPSA) is 66.4 Å². The van der Waals surface area contributed by atoms with E-state index >= 15 is 0 Å². The normalized spacial score (nSPS) is 12.4. The van der Waals surface area contributed by atoms with Crippen LogP contribution in [0, 0.1) is 5.41 Å². The highest BCUT2D eigenvalue weighted by Crippen LogP contribution is 2.32. The van der Waals surface area contributed by atoms with Crippen molar-refractivity contribution >= 4 is 11.9 Å². The fourth-order valence-corrected chi connectivity index (χ4v) is 2.87. The molecule has 1 atom stereocenters. The van der Waals surface area contributed by atoms with Gasteiger partial charge in [-0.25, -0.2) is 4.79 Å². The number of carbonyl (C=O) groups is 2. The molecule has 2 rings (SSSR count). The van der Waals surface area contributed by atoms with Crippen LogP contribution in [0.5, 0.6) is 0 Å². The number of carbonyl (C=O) groups excluding carboxylic acids is 1. The van der Waals surface area contributed by atoms with Crippen LogP contribution >= 0.6 is 0 Å². The summed E-state index contributed by atoms with van der Waals surface area (Å²) in [5.74, 6) is -1.04. The molecule has 0 spiro atoms. The van der Waals surface area contributed by atoms with Gasteiger partial charge in [0, 0.05) is 6.42 Å². The zero-order valence-corrected chi connectivity index (χ0v) is 15.0. The fraction of sp³-hybridized carbons (Fsp3) is 0.333. The molecule has 0 aromatic heterocycles. The van der Waals surface area contributed by atoms with E-state index in [-0.39, 0.29) is 29.3 Å². The molecule has 0 radical (unpaired) electrons. The second-order valence-electron chi connectivity index (χ2n) is 7.24. The lowest BCUT2D eigenvalue weighted by Gasteiger charge is -2.32. The van der Waals surface area contributed by atoms with Crippen LogP contribution in [0.15, 0.2) is 54.6 Å². The number of rotatable bonds is 6. The van der Waals surface area contributed by atoms with Gasteiger partial charge in [-0.3, -0.25) is 4.79 Å². The number of aromatic carboxylic acids is 1. The molecule has 4 nitrogen and oxygen atoms in total. The van der Waals surface area contributed by atoms with Gasteiger partial charge in [0.2, 0.25) is 5.91 Å². The van der Waals surface area contributed by atoms with Crippen molar-refractivity contribution in [3.8, 4) is 0 Å². The van der Waals surface area contributed by atoms with E-state index in [0.717, 1.165) is 5.56 Å². The molecule has 0 aliphatic carbocycles. The lowest BCUT2D eigenvalue weighted by Crippen LogP contribution is -2.36. The first-order valence-electron chi connectivity index (χ1n) is 8.44. The first-order valence-corrected chi connectivity index (χ1v) is 8.44. The summed E-state index contributed by atoms with van der Waals surface area (Å²) >= 11 is 0. The van der Waals surface area contributed by atoms with Gasteiger partial charge in [-0.05, 0) is 29.0 Å². The lowest BCUT2D eigenvalue weighted by atomic mass is 9.82. The monoisotopic (exact) mass is 339 g/mol. The van der Waals surface area contributed by atoms with Crippen LogP contribution in [0.1, 0.15) is 54.7 Å². The van der Waals surface area contributed by atoms with Crippen LogP contribution in [0.25, 0.3) is 0 Å². The van der Waals surface area contributed by atoms with Crippen LogP contribution in [0.3, 0.4) is 0 Å². The second-order valence-corrected chi connectivity index (χ2v) is 7.24. The van der Waals surface area contributed by atoms with Crippen molar-refractivity contribution in [2.75, 3.05) is 0 Å². The number of nitrogens with one attached hydrogen (secondary N) is 1. The maximum absolute atomic E-state index is 12.5. The van der Waals surface area contributed by atoms with E-state index in [0.29, 0.717) is 12.0 Å². The Morgan fingerprint density at radius 1 is 1.00 bits per heavy atom. The molecule has 0 aliphatic rings. The molecule has 0 fully saturated rings. The Hall–Kier alpha value is -2.62. The summed E-state index contributed by atoms with van der Waals surface area (Å²) in [6, 6.07) is 16.6. The summed E-state index contributed by atoms with van der Waals surface area (Å²) in [5, 5.41) is 12.3. The molecule has 2 aromatic carbocycles. The van der Waals surface area contributed by atoms with E-state index < -0.39 is 5.97 Å². The summed E-state index contributed by atoms with van der Waals surface area (Å²) < 4.78 is 0. The third kappa shape index (κ3) is 5.18. The molecule has 132 valence electrons. The Morgan fingerprint density at radius 3 is 2.20 bits per heavy atom. The minimum Gasteiger partial charge on any atom is -0.478 e. The largest absolute Gasteiger partial charge is 0.478 e. The summed E-state index contributed by atoms with van der Waals surface area (Å²) in [6.07, 6.45) is 0.656. The van der Waals surface area contributed by atoms with Crippen molar-refractivity contribution in [2.24, 2.45) is 5.41 Å². The van der Waals surface area contributed by atoms with Crippen LogP contribution in [-0.4, -0.2) is 17.0 Å². The second kappa shape index (κ2) is 7.97. The number of carboxylic acids is 1. The summed E-state index contributed by atoms with van der Waals surface area (Å²) in [7, 11) is 0. The molecule has 0 bridgehead atoms. The van der Waals surface area contributed by atoms with Gasteiger partial charge in [0.15, 0.2) is 0 Å². The number of amides is 1. The minimum atomic E-state index is -0.965. The highest BCUT2D eigenvalue weighted by Gasteiger charge is 2.27. The quantitative estimate of drug-likeness (QED) is 0.828. The summed E-state index contributed by atoms with van der Waals surface area (Å²) in [5.41, 5.74) is 1.87. The van der Waals surface area contributed by atoms with Crippen molar-refractivity contribution in [3.63, 3.8) is 0 Å². The van der Waals surface area contributed by atoms with Gasteiger partial charge >= 0.3 is 5.97 Å². The van der Waals surface area contributed by atoms with Gasteiger partial charge in [0.05, 0.1) is 11.6 Å². The summed E-state index contributed by atoms with van der Waals surface area (Å²) in [4.78, 5) is 23.7. The van der Waals surface area contributed by atoms with Gasteiger partial charge in [-0.15, -0.1) is 0 Å². The molecular weight excluding hydrogens is 314 g/mol. The van der Waals surface area contributed by atoms with Gasteiger partial charge in [-0.1, -0.05) is 69.3 Å². The predicted octanol–water partition coefficient (Wildman–Crippen LogP) is 4.22. The van der Waals surface area contributed by atoms with E-state index in [1.165, 1.54) is 0 Å². The molecule has 0 aliphatic heterocycles. The van der Waals surface area contributed by atoms with Crippen LogP contribution < -0.4 is 5.32 Å². The van der Waals surface area contributed by atoms with E-state index in [9.17, 15) is 14.7 Å². The van der Waals surface area contributed by atoms with Crippen molar-refractivity contribution in [1.29, 1.82) is 0 Å². The Balaban J connectivity index is 2.07. The molecule has 1 unspecified atom stereocenters. The summed E-state index contributed by atoms with van der Waals surface area (Å²) in [6.45, 7) is 6.26. The van der Waals surface area contributed by atoms with Gasteiger partial charge < -0.3 is 10.4 Å². The Morgan fingerprint density at radius 2 is 1.60 bits per heavy atom. The zero-order chi connectivity index (χ0) is 18.4. The van der Waals surface area contributed by atoms with E-state index in [1.54, 1.807) is 24.3 Å². The number of hydrogen-bond donors (Lipinski definition) is 2. The number of benzene rings is 2. The first-order chi connectivity index (χ1) is 11.8. The number of carboxylic acid groups (broad SMARTS) is 1. The third-order valence-electron chi connectivity index (χ3n) is 4.17. The standard InChI is InChI=1S/C21H25NO3/c1-21(2,3)19(16-10-5-4-6-11-16)22-18(23)14-13-15-9-7-8-12-17(15)20(24)25/h4-12,19H,13-14H2,1-3H3,(H,22,23)(H,24,25). The van der Waals surface area contributed by atoms with Crippen LogP contribution in [-0.2, 0) is 11.2 Å². The SMILES string of the molecule is CC(C)(C)C(NC(=O)CCc1ccccc1C(=O)O)c1ccccc1. The van der Waals surface area contributed by atoms with Crippen molar-refractivity contribution < 1.29 is 14.7 Å². The highest BCUT2D eigenvalue weighted by atomic mass is 16.4. The van der Waals surface area contributed by atoms with E-state index in [4.69, 9.17) is 0 Å². The van der Waals surface area contributed by atoms with Gasteiger partial charge in [0.1, 0.15) is 0 Å². The smallest absolute Gasteiger partial charge is 0.335 e. The minimum absolute atomic E-state index is 0.0797. The van der Waals surface area contributed by atoms with E-state index in [2.05, 4.69) is 26.1 Å². The predicted molar refractivity (Wildman–Crippen MR) is 98.5 cm³/mol. The van der Waals surface area contributed by atoms with Gasteiger partial charge in [-0.2, -0.15) is 0 Å². The number of hydrogen-bond acceptors (Lipinski definition) is 2. The van der Waals surface area contributed by atoms with Crippen molar-refractivity contribution in [3.05, 3.63) is 71.3 Å². The third-order valence-corrected chi connectivity index (χ3v) is 4.17. The lowest BCUT2D eigenvalue weighted by molar-refractivity contribution is -0.122. The highest BCUT2D eigenvalue weighted by molar-refractivity contribution is 5.89. The maximum atomic E-state index is 12.5. The average Bonchev–Trinajstić information content (AvgIpc) is 2.57. The van der Waals surface area contributed by atoms with Crippen molar-refractivity contribution in [2.45, 2.75) is 39.7 Å². The molecule has 1 amide bonds. The molecular formula is C21H25NO3. The molecule has 0 heterocycles. The average molecular weight is 339 g/mol. The van der Waals surface area contributed by atoms with Gasteiger partial charge in [0.25, 0.3) is 0 Å². The Kier molecular flexibility index (Phi) is 5.97. The first kappa shape index (κ1) is 18.7. The van der Waals surface area contributed by atoms with E-state index in [1.807, 2.05) is 30.3 Å². The van der Waals surface area contributed by atoms with Crippen LogP contribution in [0.2, 0.25) is 0 Å². The molecule has 25 heavy (non-hydrogen) atoms. The van der Waals surface area contributed by atoms with Crippen LogP contribution in [0.4, 0.5) is 0 Å². The molecule has 2 N–H and O–H groups in total. The fourth-order valence-electron chi connectivity index (χ4n) is 2.87. The Labute approximate surface area is 148 Å². The Bertz CT molecular complexity index is 732. The molecule has 4 heteroatoms. The zero-order valence-electron chi connectivity index (χ0n) is 15.0. The number of aryl methyl sites for hydroxylation is 1. The molecule has 0 saturated heterocycles. The van der Waals surface area contributed by atoms with Crippen molar-refractivity contribution in [1.82, 2.24) is 5.32 Å².